The Morgan fingerprint density at radius 2 is 2.33 bits per heavy atom. The predicted octanol–water partition coefficient (Wildman–Crippen LogP) is 1.92. The number of amides is 1. The maximum absolute atomic E-state index is 12.1. The molecule has 21 heavy (non-hydrogen) atoms. The maximum atomic E-state index is 12.1. The highest BCUT2D eigenvalue weighted by molar-refractivity contribution is 6.00. The number of carbonyl (C=O) groups excluding carboxylic acids is 2. The van der Waals surface area contributed by atoms with Gasteiger partial charge in [-0.15, -0.1) is 0 Å². The molecule has 1 saturated heterocycles. The number of ether oxygens (including phenoxy) is 1. The zero-order chi connectivity index (χ0) is 15.0. The lowest BCUT2D eigenvalue weighted by atomic mass is 10.1. The molecule has 1 aromatic carbocycles. The molecule has 1 aliphatic rings. The molecule has 110 valence electrons. The van der Waals surface area contributed by atoms with Crippen LogP contribution >= 0.6 is 0 Å². The largest absolute Gasteiger partial charge is 0.469 e. The topological polar surface area (TPSA) is 72.6 Å². The molecular weight excluding hydrogens is 272 g/mol. The van der Waals surface area contributed by atoms with E-state index in [1.165, 1.54) is 7.11 Å². The van der Waals surface area contributed by atoms with E-state index in [4.69, 9.17) is 9.15 Å². The summed E-state index contributed by atoms with van der Waals surface area (Å²) in [6, 6.07) is 5.43. The molecule has 2 heterocycles. The smallest absolute Gasteiger partial charge is 0.311 e. The molecule has 1 aliphatic heterocycles. The Hall–Kier alpha value is -2.37. The average molecular weight is 288 g/mol. The van der Waals surface area contributed by atoms with Crippen molar-refractivity contribution in [3.05, 3.63) is 24.1 Å². The number of aryl methyl sites for hydroxylation is 1. The quantitative estimate of drug-likeness (QED) is 0.807. The van der Waals surface area contributed by atoms with Crippen molar-refractivity contribution in [2.24, 2.45) is 5.92 Å². The van der Waals surface area contributed by atoms with E-state index in [0.717, 1.165) is 17.6 Å². The lowest BCUT2D eigenvalue weighted by Gasteiger charge is -2.16. The summed E-state index contributed by atoms with van der Waals surface area (Å²) in [5, 5.41) is 0. The predicted molar refractivity (Wildman–Crippen MR) is 75.9 cm³/mol. The lowest BCUT2D eigenvalue weighted by Crippen LogP contribution is -2.26. The van der Waals surface area contributed by atoms with Crippen LogP contribution in [0.1, 0.15) is 19.2 Å². The number of hydrogen-bond donors (Lipinski definition) is 0. The Kier molecular flexibility index (Phi) is 3.37. The summed E-state index contributed by atoms with van der Waals surface area (Å²) in [5.74, 6) is -0.158. The van der Waals surface area contributed by atoms with Gasteiger partial charge in [0.25, 0.3) is 0 Å². The van der Waals surface area contributed by atoms with E-state index in [1.54, 1.807) is 11.0 Å². The number of esters is 1. The fourth-order valence-electron chi connectivity index (χ4n) is 2.56. The van der Waals surface area contributed by atoms with E-state index in [9.17, 15) is 9.59 Å². The van der Waals surface area contributed by atoms with Gasteiger partial charge in [0, 0.05) is 25.1 Å². The minimum atomic E-state index is -0.401. The van der Waals surface area contributed by atoms with Crippen molar-refractivity contribution in [1.82, 2.24) is 4.98 Å². The van der Waals surface area contributed by atoms with Gasteiger partial charge in [-0.3, -0.25) is 9.59 Å². The van der Waals surface area contributed by atoms with Crippen molar-refractivity contribution in [3.63, 3.8) is 0 Å². The van der Waals surface area contributed by atoms with Gasteiger partial charge in [0.05, 0.1) is 13.0 Å². The Morgan fingerprint density at radius 3 is 3.05 bits per heavy atom. The molecule has 1 fully saturated rings. The van der Waals surface area contributed by atoms with E-state index >= 15 is 0 Å². The third kappa shape index (κ3) is 2.37. The molecule has 0 spiro atoms. The number of carbonyl (C=O) groups is 2. The van der Waals surface area contributed by atoms with Gasteiger partial charge in [0.2, 0.25) is 5.91 Å². The molecule has 0 aliphatic carbocycles. The van der Waals surface area contributed by atoms with E-state index in [-0.39, 0.29) is 18.3 Å². The van der Waals surface area contributed by atoms with Crippen LogP contribution in [0.3, 0.4) is 0 Å². The molecule has 0 N–H and O–H groups in total. The van der Waals surface area contributed by atoms with Crippen LogP contribution < -0.4 is 4.90 Å². The molecule has 1 aromatic heterocycles. The summed E-state index contributed by atoms with van der Waals surface area (Å²) in [7, 11) is 1.34. The molecular formula is C15H16N2O4. The first-order valence-electron chi connectivity index (χ1n) is 6.90. The number of fused-ring (bicyclic) bond motifs is 1. The molecule has 1 amide bonds. The van der Waals surface area contributed by atoms with Gasteiger partial charge in [-0.1, -0.05) is 6.92 Å². The van der Waals surface area contributed by atoms with Crippen LogP contribution in [-0.4, -0.2) is 30.5 Å². The highest BCUT2D eigenvalue weighted by Crippen LogP contribution is 2.28. The average Bonchev–Trinajstić information content (AvgIpc) is 3.08. The van der Waals surface area contributed by atoms with Gasteiger partial charge < -0.3 is 14.1 Å². The number of nitrogens with zero attached hydrogens (tertiary/aromatic N) is 2. The number of hydrogen-bond acceptors (Lipinski definition) is 5. The van der Waals surface area contributed by atoms with Crippen molar-refractivity contribution in [2.75, 3.05) is 18.6 Å². The zero-order valence-corrected chi connectivity index (χ0v) is 12.0. The van der Waals surface area contributed by atoms with Gasteiger partial charge in [0.1, 0.15) is 5.52 Å². The fourth-order valence-corrected chi connectivity index (χ4v) is 2.56. The number of anilines is 1. The Balaban J connectivity index is 1.89. The Labute approximate surface area is 121 Å². The van der Waals surface area contributed by atoms with Crippen molar-refractivity contribution >= 4 is 28.7 Å². The first kappa shape index (κ1) is 13.6. The van der Waals surface area contributed by atoms with Gasteiger partial charge >= 0.3 is 5.97 Å². The number of rotatable bonds is 3. The van der Waals surface area contributed by atoms with E-state index in [1.807, 2.05) is 19.1 Å². The molecule has 0 saturated carbocycles. The lowest BCUT2D eigenvalue weighted by molar-refractivity contribution is -0.145. The second-order valence-electron chi connectivity index (χ2n) is 5.04. The molecule has 1 atom stereocenters. The second kappa shape index (κ2) is 5.20. The summed E-state index contributed by atoms with van der Waals surface area (Å²) in [6.45, 7) is 2.31. The zero-order valence-electron chi connectivity index (χ0n) is 12.0. The fraction of sp³-hybridized carbons (Fsp3) is 0.400. The summed E-state index contributed by atoms with van der Waals surface area (Å²) < 4.78 is 10.3. The van der Waals surface area contributed by atoms with Crippen LogP contribution in [-0.2, 0) is 20.7 Å². The van der Waals surface area contributed by atoms with Crippen molar-refractivity contribution in [1.29, 1.82) is 0 Å². The summed E-state index contributed by atoms with van der Waals surface area (Å²) in [6.07, 6.45) is 0.904. The molecule has 1 unspecified atom stereocenters. The number of methoxy groups -OCH3 is 1. The molecule has 6 heteroatoms. The van der Waals surface area contributed by atoms with Crippen molar-refractivity contribution in [2.45, 2.75) is 19.8 Å². The van der Waals surface area contributed by atoms with Gasteiger partial charge in [-0.2, -0.15) is 0 Å². The van der Waals surface area contributed by atoms with Crippen LogP contribution in [0, 0.1) is 5.92 Å². The summed E-state index contributed by atoms with van der Waals surface area (Å²) in [4.78, 5) is 29.6. The highest BCUT2D eigenvalue weighted by atomic mass is 16.5. The second-order valence-corrected chi connectivity index (χ2v) is 5.04. The van der Waals surface area contributed by atoms with E-state index in [2.05, 4.69) is 4.98 Å². The van der Waals surface area contributed by atoms with Crippen LogP contribution in [0.25, 0.3) is 11.1 Å². The molecule has 6 nitrogen and oxygen atoms in total. The van der Waals surface area contributed by atoms with Gasteiger partial charge in [-0.05, 0) is 18.2 Å². The van der Waals surface area contributed by atoms with Crippen LogP contribution in [0.5, 0.6) is 0 Å². The molecule has 0 bridgehead atoms. The Bertz CT molecular complexity index is 707. The van der Waals surface area contributed by atoms with Gasteiger partial charge in [-0.25, -0.2) is 4.98 Å². The SMILES string of the molecule is CCc1nc2cc(N3CC(C(=O)OC)CC3=O)ccc2o1. The van der Waals surface area contributed by atoms with Crippen LogP contribution in [0.4, 0.5) is 5.69 Å². The number of oxazole rings is 1. The minimum absolute atomic E-state index is 0.0797. The maximum Gasteiger partial charge on any atom is 0.311 e. The van der Waals surface area contributed by atoms with Crippen molar-refractivity contribution in [3.8, 4) is 0 Å². The van der Waals surface area contributed by atoms with E-state index in [0.29, 0.717) is 18.0 Å². The summed E-state index contributed by atoms with van der Waals surface area (Å²) in [5.41, 5.74) is 2.15. The third-order valence-corrected chi connectivity index (χ3v) is 3.69. The normalized spacial score (nSPS) is 18.5. The van der Waals surface area contributed by atoms with Crippen molar-refractivity contribution < 1.29 is 18.7 Å². The van der Waals surface area contributed by atoms with E-state index < -0.39 is 5.92 Å². The number of aromatic nitrogens is 1. The highest BCUT2D eigenvalue weighted by Gasteiger charge is 2.35. The number of benzene rings is 1. The van der Waals surface area contributed by atoms with Gasteiger partial charge in [0.15, 0.2) is 11.5 Å². The first-order valence-corrected chi connectivity index (χ1v) is 6.90. The monoisotopic (exact) mass is 288 g/mol. The Morgan fingerprint density at radius 1 is 1.52 bits per heavy atom. The standard InChI is InChI=1S/C15H16N2O4/c1-3-13-16-11-7-10(4-5-12(11)21-13)17-8-9(6-14(17)18)15(19)20-2/h4-5,7,9H,3,6,8H2,1-2H3. The molecule has 3 rings (SSSR count). The molecule has 2 aromatic rings. The molecule has 0 radical (unpaired) electrons. The summed E-state index contributed by atoms with van der Waals surface area (Å²) >= 11 is 0. The third-order valence-electron chi connectivity index (χ3n) is 3.69. The van der Waals surface area contributed by atoms with Crippen LogP contribution in [0.2, 0.25) is 0 Å². The first-order chi connectivity index (χ1) is 10.1. The van der Waals surface area contributed by atoms with Crippen LogP contribution in [0.15, 0.2) is 22.6 Å². The minimum Gasteiger partial charge on any atom is -0.469 e.